The minimum atomic E-state index is -1.05. The number of carbonyl (C=O) groups is 1. The van der Waals surface area contributed by atoms with Gasteiger partial charge in [0.25, 0.3) is 0 Å². The van der Waals surface area contributed by atoms with Crippen LogP contribution in [0.1, 0.15) is 37.1 Å². The number of carboxylic acid groups (broad SMARTS) is 1. The van der Waals surface area contributed by atoms with Gasteiger partial charge in [0.2, 0.25) is 0 Å². The summed E-state index contributed by atoms with van der Waals surface area (Å²) in [5.74, 6) is -0.113. The summed E-state index contributed by atoms with van der Waals surface area (Å²) in [6, 6.07) is 0. The van der Waals surface area contributed by atoms with Crippen LogP contribution < -0.4 is 0 Å². The van der Waals surface area contributed by atoms with E-state index < -0.39 is 12.1 Å². The molecule has 0 amide bonds. The predicted octanol–water partition coefficient (Wildman–Crippen LogP) is 1.10. The molecule has 1 N–H and O–H groups in total. The van der Waals surface area contributed by atoms with E-state index in [1.54, 1.807) is 4.68 Å². The molecule has 2 rings (SSSR count). The van der Waals surface area contributed by atoms with E-state index in [-0.39, 0.29) is 12.8 Å². The Morgan fingerprint density at radius 1 is 1.67 bits per heavy atom. The van der Waals surface area contributed by atoms with Gasteiger partial charge in [-0.3, -0.25) is 4.79 Å². The van der Waals surface area contributed by atoms with E-state index in [2.05, 4.69) is 10.1 Å². The highest BCUT2D eigenvalue weighted by molar-refractivity contribution is 5.66. The summed E-state index contributed by atoms with van der Waals surface area (Å²) in [6.07, 6.45) is 0.444. The van der Waals surface area contributed by atoms with Crippen LogP contribution in [0.3, 0.4) is 0 Å². The number of rotatable bonds is 3. The van der Waals surface area contributed by atoms with Gasteiger partial charge < -0.3 is 5.11 Å². The van der Waals surface area contributed by atoms with Crippen LogP contribution in [0, 0.1) is 0 Å². The summed E-state index contributed by atoms with van der Waals surface area (Å²) in [7, 11) is 0. The zero-order valence-electron chi connectivity index (χ0n) is 8.19. The van der Waals surface area contributed by atoms with E-state index >= 15 is 0 Å². The van der Waals surface area contributed by atoms with Crippen molar-refractivity contribution in [2.45, 2.75) is 38.4 Å². The maximum Gasteiger partial charge on any atom is 0.303 e. The van der Waals surface area contributed by atoms with Gasteiger partial charge in [0.15, 0.2) is 17.8 Å². The lowest BCUT2D eigenvalue weighted by atomic mass is 10.1. The van der Waals surface area contributed by atoms with E-state index in [1.165, 1.54) is 0 Å². The normalized spacial score (nSPS) is 19.9. The average Bonchev–Trinajstić information content (AvgIpc) is 2.59. The van der Waals surface area contributed by atoms with Crippen LogP contribution in [0.2, 0.25) is 0 Å². The van der Waals surface area contributed by atoms with Crippen LogP contribution in [0.4, 0.5) is 4.39 Å². The summed E-state index contributed by atoms with van der Waals surface area (Å²) >= 11 is 0. The third kappa shape index (κ3) is 2.14. The molecule has 1 aromatic heterocycles. The summed E-state index contributed by atoms with van der Waals surface area (Å²) in [5.41, 5.74) is 0. The molecule has 1 aliphatic heterocycles. The Labute approximate surface area is 85.9 Å². The molecule has 0 saturated heterocycles. The molecule has 15 heavy (non-hydrogen) atoms. The van der Waals surface area contributed by atoms with Crippen molar-refractivity contribution in [2.24, 2.45) is 0 Å². The largest absolute Gasteiger partial charge is 0.481 e. The van der Waals surface area contributed by atoms with Crippen molar-refractivity contribution >= 4 is 5.97 Å². The minimum absolute atomic E-state index is 0.0135. The molecule has 1 aliphatic rings. The average molecular weight is 213 g/mol. The zero-order valence-corrected chi connectivity index (χ0v) is 8.19. The van der Waals surface area contributed by atoms with Crippen molar-refractivity contribution < 1.29 is 14.3 Å². The van der Waals surface area contributed by atoms with E-state index in [0.29, 0.717) is 24.6 Å². The Morgan fingerprint density at radius 2 is 2.47 bits per heavy atom. The van der Waals surface area contributed by atoms with Crippen molar-refractivity contribution in [3.05, 3.63) is 11.6 Å². The molecule has 2 heterocycles. The zero-order chi connectivity index (χ0) is 10.8. The second-order valence-corrected chi connectivity index (χ2v) is 3.61. The number of fused-ring (bicyclic) bond motifs is 1. The molecule has 0 aliphatic carbocycles. The fourth-order valence-electron chi connectivity index (χ4n) is 1.67. The fraction of sp³-hybridized carbons (Fsp3) is 0.667. The molecular formula is C9H12FN3O2. The number of aryl methyl sites for hydroxylation is 2. The van der Waals surface area contributed by atoms with Crippen LogP contribution in [-0.4, -0.2) is 25.8 Å². The number of carboxylic acids is 1. The number of nitrogens with zero attached hydrogens (tertiary/aromatic N) is 3. The molecule has 0 radical (unpaired) electrons. The third-order valence-corrected chi connectivity index (χ3v) is 2.41. The van der Waals surface area contributed by atoms with Crippen LogP contribution in [0.5, 0.6) is 0 Å². The molecule has 0 fully saturated rings. The van der Waals surface area contributed by atoms with Crippen molar-refractivity contribution in [1.82, 2.24) is 14.8 Å². The van der Waals surface area contributed by atoms with E-state index in [9.17, 15) is 9.18 Å². The van der Waals surface area contributed by atoms with E-state index in [4.69, 9.17) is 5.11 Å². The molecular weight excluding hydrogens is 201 g/mol. The Balaban J connectivity index is 2.11. The van der Waals surface area contributed by atoms with Crippen molar-refractivity contribution in [2.75, 3.05) is 0 Å². The first-order chi connectivity index (χ1) is 7.16. The molecule has 0 saturated carbocycles. The fourth-order valence-corrected chi connectivity index (χ4v) is 1.67. The monoisotopic (exact) mass is 213 g/mol. The van der Waals surface area contributed by atoms with Gasteiger partial charge >= 0.3 is 5.97 Å². The Morgan fingerprint density at radius 3 is 3.13 bits per heavy atom. The van der Waals surface area contributed by atoms with Gasteiger partial charge in [-0.25, -0.2) is 14.1 Å². The smallest absolute Gasteiger partial charge is 0.303 e. The molecule has 1 atom stereocenters. The van der Waals surface area contributed by atoms with E-state index in [1.807, 2.05) is 0 Å². The van der Waals surface area contributed by atoms with Crippen LogP contribution >= 0.6 is 0 Å². The first-order valence-corrected chi connectivity index (χ1v) is 4.96. The van der Waals surface area contributed by atoms with Gasteiger partial charge in [-0.05, 0) is 12.8 Å². The number of hydrogen-bond donors (Lipinski definition) is 1. The molecule has 5 nitrogen and oxygen atoms in total. The molecule has 1 aromatic rings. The van der Waals surface area contributed by atoms with Gasteiger partial charge in [-0.2, -0.15) is 5.10 Å². The summed E-state index contributed by atoms with van der Waals surface area (Å²) in [4.78, 5) is 14.4. The Bertz CT molecular complexity index is 377. The lowest BCUT2D eigenvalue weighted by molar-refractivity contribution is -0.137. The standard InChI is InChI=1S/C9H12FN3O2/c10-6-2-1-5-13-9(6)11-7(12-13)3-4-8(14)15/h6H,1-5H2,(H,14,15). The van der Waals surface area contributed by atoms with Crippen LogP contribution in [0.15, 0.2) is 0 Å². The lowest BCUT2D eigenvalue weighted by Crippen LogP contribution is -2.14. The van der Waals surface area contributed by atoms with Gasteiger partial charge in [0.1, 0.15) is 0 Å². The highest BCUT2D eigenvalue weighted by Crippen LogP contribution is 2.26. The highest BCUT2D eigenvalue weighted by atomic mass is 19.1. The Hall–Kier alpha value is -1.46. The van der Waals surface area contributed by atoms with Crippen molar-refractivity contribution in [1.29, 1.82) is 0 Å². The van der Waals surface area contributed by atoms with Gasteiger partial charge in [0.05, 0.1) is 6.42 Å². The van der Waals surface area contributed by atoms with Gasteiger partial charge in [-0.15, -0.1) is 0 Å². The first-order valence-electron chi connectivity index (χ1n) is 4.96. The quantitative estimate of drug-likeness (QED) is 0.816. The summed E-state index contributed by atoms with van der Waals surface area (Å²) < 4.78 is 14.9. The van der Waals surface area contributed by atoms with Gasteiger partial charge in [0, 0.05) is 13.0 Å². The Kier molecular flexibility index (Phi) is 2.66. The molecule has 82 valence electrons. The summed E-state index contributed by atoms with van der Waals surface area (Å²) in [6.45, 7) is 0.676. The minimum Gasteiger partial charge on any atom is -0.481 e. The lowest BCUT2D eigenvalue weighted by Gasteiger charge is -2.14. The second-order valence-electron chi connectivity index (χ2n) is 3.61. The molecule has 6 heteroatoms. The summed E-state index contributed by atoms with van der Waals surface area (Å²) in [5, 5.41) is 12.6. The second kappa shape index (κ2) is 3.96. The SMILES string of the molecule is O=C(O)CCc1nc2n(n1)CCCC2F. The van der Waals surface area contributed by atoms with Crippen molar-refractivity contribution in [3.63, 3.8) is 0 Å². The number of halogens is 1. The number of aliphatic carboxylic acids is 1. The number of aromatic nitrogens is 3. The highest BCUT2D eigenvalue weighted by Gasteiger charge is 2.23. The number of alkyl halides is 1. The molecule has 0 aromatic carbocycles. The maximum atomic E-state index is 13.3. The third-order valence-electron chi connectivity index (χ3n) is 2.41. The predicted molar refractivity (Wildman–Crippen MR) is 49.1 cm³/mol. The van der Waals surface area contributed by atoms with Crippen LogP contribution in [-0.2, 0) is 17.8 Å². The van der Waals surface area contributed by atoms with Gasteiger partial charge in [-0.1, -0.05) is 0 Å². The molecule has 0 spiro atoms. The topological polar surface area (TPSA) is 68.0 Å². The number of hydrogen-bond acceptors (Lipinski definition) is 3. The molecule has 0 bridgehead atoms. The van der Waals surface area contributed by atoms with Crippen LogP contribution in [0.25, 0.3) is 0 Å². The van der Waals surface area contributed by atoms with E-state index in [0.717, 1.165) is 6.42 Å². The van der Waals surface area contributed by atoms with Crippen molar-refractivity contribution in [3.8, 4) is 0 Å². The first kappa shape index (κ1) is 10.1. The maximum absolute atomic E-state index is 13.3. The molecule has 1 unspecified atom stereocenters.